The Morgan fingerprint density at radius 2 is 1.66 bits per heavy atom. The molecule has 0 spiro atoms. The Morgan fingerprint density at radius 1 is 1.07 bits per heavy atom. The summed E-state index contributed by atoms with van der Waals surface area (Å²) in [5, 5.41) is 9.97. The molecule has 8 nitrogen and oxygen atoms in total. The molecule has 10 heteroatoms. The second-order valence-corrected chi connectivity index (χ2v) is 5.51. The number of nitrogens with one attached hydrogen (secondary N) is 1. The van der Waals surface area contributed by atoms with Crippen LogP contribution in [0.1, 0.15) is 26.3 Å². The van der Waals surface area contributed by atoms with Crippen LogP contribution in [-0.2, 0) is 4.79 Å². The van der Waals surface area contributed by atoms with E-state index in [2.05, 4.69) is 5.32 Å². The van der Waals surface area contributed by atoms with Gasteiger partial charge >= 0.3 is 11.9 Å². The number of ether oxygens (including phenoxy) is 2. The van der Waals surface area contributed by atoms with E-state index in [4.69, 9.17) is 14.6 Å². The van der Waals surface area contributed by atoms with E-state index in [1.165, 1.54) is 50.6 Å². The van der Waals surface area contributed by atoms with Crippen LogP contribution in [0.15, 0.2) is 42.5 Å². The number of anilines is 1. The number of amides is 2. The van der Waals surface area contributed by atoms with Crippen molar-refractivity contribution in [2.75, 3.05) is 19.5 Å². The maximum Gasteiger partial charge on any atom is 0.337 e. The molecular weight excluding hydrogens is 390 g/mol. The molecule has 0 bridgehead atoms. The van der Waals surface area contributed by atoms with Crippen molar-refractivity contribution in [2.24, 2.45) is 0 Å². The zero-order chi connectivity index (χ0) is 21.6. The van der Waals surface area contributed by atoms with Crippen LogP contribution >= 0.6 is 0 Å². The largest absolute Gasteiger partial charge is 0.496 e. The van der Waals surface area contributed by atoms with Gasteiger partial charge in [-0.3, -0.25) is 9.59 Å². The molecule has 0 aromatic heterocycles. The SMILES string of the molecule is COc1cc(/C=C/C(=O)Nc2ccccc2C(=O)O)cc(OC)c1C(=O)N(F)F. The predicted molar refractivity (Wildman–Crippen MR) is 99.0 cm³/mol. The Kier molecular flexibility index (Phi) is 6.85. The fraction of sp³-hybridized carbons (Fsp3) is 0.105. The first-order valence-corrected chi connectivity index (χ1v) is 8.02. The van der Waals surface area contributed by atoms with Crippen LogP contribution in [0.4, 0.5) is 14.6 Å². The van der Waals surface area contributed by atoms with Crippen molar-refractivity contribution >= 4 is 29.5 Å². The lowest BCUT2D eigenvalue weighted by Crippen LogP contribution is -2.16. The van der Waals surface area contributed by atoms with Crippen molar-refractivity contribution in [1.82, 2.24) is 5.34 Å². The number of nitrogens with zero attached hydrogens (tertiary/aromatic N) is 1. The van der Waals surface area contributed by atoms with E-state index >= 15 is 0 Å². The molecule has 0 unspecified atom stereocenters. The van der Waals surface area contributed by atoms with E-state index < -0.39 is 28.7 Å². The van der Waals surface area contributed by atoms with Gasteiger partial charge in [0.25, 0.3) is 0 Å². The Bertz CT molecular complexity index is 950. The van der Waals surface area contributed by atoms with Gasteiger partial charge < -0.3 is 19.9 Å². The smallest absolute Gasteiger partial charge is 0.337 e. The minimum atomic E-state index is -1.61. The standard InChI is InChI=1S/C19H16F2N2O6/c1-28-14-9-11(10-15(29-2)17(14)18(25)23(20)21)7-8-16(24)22-13-6-4-3-5-12(13)19(26)27/h3-10H,1-2H3,(H,22,24)(H,26,27)/b8-7+. The van der Waals surface area contributed by atoms with Gasteiger partial charge in [-0.1, -0.05) is 21.1 Å². The lowest BCUT2D eigenvalue weighted by molar-refractivity contribution is -0.111. The minimum Gasteiger partial charge on any atom is -0.496 e. The van der Waals surface area contributed by atoms with Crippen molar-refractivity contribution in [3.63, 3.8) is 0 Å². The predicted octanol–water partition coefficient (Wildman–Crippen LogP) is 3.27. The first-order valence-electron chi connectivity index (χ1n) is 8.02. The highest BCUT2D eigenvalue weighted by atomic mass is 19.4. The quantitative estimate of drug-likeness (QED) is 0.540. The summed E-state index contributed by atoms with van der Waals surface area (Å²) < 4.78 is 35.3. The fourth-order valence-electron chi connectivity index (χ4n) is 2.45. The third-order valence-corrected chi connectivity index (χ3v) is 3.74. The second kappa shape index (κ2) is 9.31. The molecule has 0 aliphatic heterocycles. The van der Waals surface area contributed by atoms with Gasteiger partial charge in [0.15, 0.2) is 0 Å². The highest BCUT2D eigenvalue weighted by molar-refractivity contribution is 6.06. The van der Waals surface area contributed by atoms with Crippen LogP contribution in [0.25, 0.3) is 6.08 Å². The topological polar surface area (TPSA) is 105 Å². The third-order valence-electron chi connectivity index (χ3n) is 3.74. The van der Waals surface area contributed by atoms with Gasteiger partial charge in [0.2, 0.25) is 5.91 Å². The highest BCUT2D eigenvalue weighted by Crippen LogP contribution is 2.32. The summed E-state index contributed by atoms with van der Waals surface area (Å²) in [5.74, 6) is -3.79. The van der Waals surface area contributed by atoms with Gasteiger partial charge in [0.05, 0.1) is 25.5 Å². The third kappa shape index (κ3) is 5.06. The van der Waals surface area contributed by atoms with Crippen LogP contribution in [0, 0.1) is 0 Å². The van der Waals surface area contributed by atoms with Crippen molar-refractivity contribution in [3.8, 4) is 11.5 Å². The van der Waals surface area contributed by atoms with Gasteiger partial charge in [-0.2, -0.15) is 0 Å². The molecule has 0 radical (unpaired) electrons. The Hall–Kier alpha value is -3.95. The highest BCUT2D eigenvalue weighted by Gasteiger charge is 2.25. The summed E-state index contributed by atoms with van der Waals surface area (Å²) >= 11 is 0. The van der Waals surface area contributed by atoms with Crippen molar-refractivity contribution in [1.29, 1.82) is 0 Å². The number of hydrogen-bond donors (Lipinski definition) is 2. The van der Waals surface area contributed by atoms with Crippen molar-refractivity contribution in [3.05, 3.63) is 59.2 Å². The van der Waals surface area contributed by atoms with E-state index in [9.17, 15) is 23.3 Å². The number of carboxylic acids is 1. The molecule has 0 atom stereocenters. The van der Waals surface area contributed by atoms with Gasteiger partial charge in [-0.25, -0.2) is 4.79 Å². The summed E-state index contributed by atoms with van der Waals surface area (Å²) in [5.41, 5.74) is -0.127. The molecular formula is C19H16F2N2O6. The number of halogens is 2. The number of para-hydroxylation sites is 1. The van der Waals surface area contributed by atoms with Crippen molar-refractivity contribution in [2.45, 2.75) is 0 Å². The molecule has 2 amide bonds. The van der Waals surface area contributed by atoms with Crippen LogP contribution in [0.2, 0.25) is 0 Å². The fourth-order valence-corrected chi connectivity index (χ4v) is 2.45. The van der Waals surface area contributed by atoms with Crippen LogP contribution < -0.4 is 14.8 Å². The zero-order valence-corrected chi connectivity index (χ0v) is 15.3. The van der Waals surface area contributed by atoms with E-state index in [1.807, 2.05) is 0 Å². The molecule has 2 rings (SSSR count). The second-order valence-electron chi connectivity index (χ2n) is 5.51. The lowest BCUT2D eigenvalue weighted by Gasteiger charge is -2.13. The van der Waals surface area contributed by atoms with Crippen LogP contribution in [0.5, 0.6) is 11.5 Å². The molecule has 0 aliphatic rings. The summed E-state index contributed by atoms with van der Waals surface area (Å²) in [6.07, 6.45) is 2.42. The number of aromatic carboxylic acids is 1. The van der Waals surface area contributed by atoms with Crippen LogP contribution in [-0.4, -0.2) is 42.5 Å². The summed E-state index contributed by atoms with van der Waals surface area (Å²) in [6, 6.07) is 8.40. The first-order chi connectivity index (χ1) is 13.8. The number of carbonyl (C=O) groups excluding carboxylic acids is 2. The van der Waals surface area contributed by atoms with Crippen LogP contribution in [0.3, 0.4) is 0 Å². The average Bonchev–Trinajstić information content (AvgIpc) is 2.70. The number of carboxylic acid groups (broad SMARTS) is 1. The molecule has 2 aromatic carbocycles. The van der Waals surface area contributed by atoms with E-state index in [0.717, 1.165) is 6.08 Å². The summed E-state index contributed by atoms with van der Waals surface area (Å²) in [4.78, 5) is 35.0. The average molecular weight is 406 g/mol. The minimum absolute atomic E-state index is 0.0811. The molecule has 29 heavy (non-hydrogen) atoms. The number of hydrogen-bond acceptors (Lipinski definition) is 5. The maximum absolute atomic E-state index is 12.7. The van der Waals surface area contributed by atoms with Gasteiger partial charge in [-0.15, -0.1) is 0 Å². The number of methoxy groups -OCH3 is 2. The number of rotatable bonds is 7. The van der Waals surface area contributed by atoms with Gasteiger partial charge in [-0.05, 0) is 35.9 Å². The maximum atomic E-state index is 12.7. The summed E-state index contributed by atoms with van der Waals surface area (Å²) in [6.45, 7) is 0. The van der Waals surface area contributed by atoms with Gasteiger partial charge in [0.1, 0.15) is 17.1 Å². The molecule has 0 fully saturated rings. The molecule has 0 aliphatic carbocycles. The molecule has 0 saturated carbocycles. The van der Waals surface area contributed by atoms with Gasteiger partial charge in [0, 0.05) is 11.4 Å². The molecule has 152 valence electrons. The lowest BCUT2D eigenvalue weighted by atomic mass is 10.1. The summed E-state index contributed by atoms with van der Waals surface area (Å²) in [7, 11) is 2.38. The number of carbonyl (C=O) groups is 3. The molecule has 2 aromatic rings. The van der Waals surface area contributed by atoms with E-state index in [-0.39, 0.29) is 22.7 Å². The normalized spacial score (nSPS) is 10.5. The molecule has 0 heterocycles. The Morgan fingerprint density at radius 3 is 2.17 bits per heavy atom. The number of benzene rings is 2. The Balaban J connectivity index is 2.30. The van der Waals surface area contributed by atoms with E-state index in [1.54, 1.807) is 6.07 Å². The monoisotopic (exact) mass is 406 g/mol. The molecule has 0 saturated heterocycles. The first kappa shape index (κ1) is 21.4. The zero-order valence-electron chi connectivity index (χ0n) is 15.3. The van der Waals surface area contributed by atoms with Crippen molar-refractivity contribution < 1.29 is 37.9 Å². The molecule has 2 N–H and O–H groups in total. The van der Waals surface area contributed by atoms with E-state index in [0.29, 0.717) is 5.56 Å². The Labute approximate surface area is 163 Å².